The number of hydrogen-bond acceptors (Lipinski definition) is 3. The molecule has 100 valence electrons. The molecule has 0 aliphatic carbocycles. The Morgan fingerprint density at radius 2 is 2.00 bits per heavy atom. The van der Waals surface area contributed by atoms with Crippen LogP contribution >= 0.6 is 0 Å². The topological polar surface area (TPSA) is 59.4 Å². The zero-order chi connectivity index (χ0) is 13.7. The molecule has 0 bridgehead atoms. The highest BCUT2D eigenvalue weighted by molar-refractivity contribution is 5.41. The zero-order valence-corrected chi connectivity index (χ0v) is 11.0. The maximum atomic E-state index is 9.94. The molecule has 2 rings (SSSR count). The molecule has 1 aromatic carbocycles. The first kappa shape index (κ1) is 13.4. The van der Waals surface area contributed by atoms with Gasteiger partial charge in [-0.1, -0.05) is 0 Å². The normalized spacial score (nSPS) is 12.1. The first-order valence-corrected chi connectivity index (χ1v) is 6.25. The van der Waals surface area contributed by atoms with Crippen LogP contribution in [0.1, 0.15) is 5.56 Å². The van der Waals surface area contributed by atoms with Gasteiger partial charge >= 0.3 is 0 Å². The number of aromatic nitrogens is 1. The lowest BCUT2D eigenvalue weighted by Crippen LogP contribution is -2.41. The molecule has 0 saturated heterocycles. The molecule has 0 saturated carbocycles. The fourth-order valence-corrected chi connectivity index (χ4v) is 1.82. The van der Waals surface area contributed by atoms with E-state index in [1.165, 1.54) is 0 Å². The number of anilines is 1. The highest BCUT2D eigenvalue weighted by atomic mass is 16.5. The summed E-state index contributed by atoms with van der Waals surface area (Å²) < 4.78 is 7.46. The summed E-state index contributed by atoms with van der Waals surface area (Å²) >= 11 is 0. The summed E-state index contributed by atoms with van der Waals surface area (Å²) in [4.78, 5) is 0. The Labute approximate surface area is 113 Å². The van der Waals surface area contributed by atoms with E-state index in [4.69, 9.17) is 10.5 Å². The van der Waals surface area contributed by atoms with Gasteiger partial charge in [0.2, 0.25) is 0 Å². The van der Waals surface area contributed by atoms with Crippen LogP contribution in [0.4, 0.5) is 5.69 Å². The van der Waals surface area contributed by atoms with Crippen molar-refractivity contribution in [2.75, 3.05) is 12.3 Å². The highest BCUT2D eigenvalue weighted by Crippen LogP contribution is 2.13. The van der Waals surface area contributed by atoms with Crippen LogP contribution < -0.4 is 15.0 Å². The van der Waals surface area contributed by atoms with Gasteiger partial charge in [0.1, 0.15) is 18.5 Å². The number of nitrogens with zero attached hydrogens (tertiary/aromatic N) is 1. The molecule has 4 heteroatoms. The van der Waals surface area contributed by atoms with Crippen molar-refractivity contribution in [3.8, 4) is 5.75 Å². The number of pyridine rings is 1. The first-order valence-electron chi connectivity index (χ1n) is 6.25. The molecule has 1 unspecified atom stereocenters. The van der Waals surface area contributed by atoms with Crippen molar-refractivity contribution in [3.05, 3.63) is 54.4 Å². The summed E-state index contributed by atoms with van der Waals surface area (Å²) in [6.45, 7) is 2.79. The zero-order valence-electron chi connectivity index (χ0n) is 11.0. The van der Waals surface area contributed by atoms with Gasteiger partial charge in [-0.05, 0) is 37.3 Å². The maximum Gasteiger partial charge on any atom is 0.177 e. The van der Waals surface area contributed by atoms with Gasteiger partial charge in [0.05, 0.1) is 0 Å². The minimum atomic E-state index is -0.552. The lowest BCUT2D eigenvalue weighted by Gasteiger charge is -2.10. The molecule has 1 atom stereocenters. The van der Waals surface area contributed by atoms with Gasteiger partial charge in [-0.25, -0.2) is 4.57 Å². The third kappa shape index (κ3) is 4.26. The van der Waals surface area contributed by atoms with E-state index < -0.39 is 6.10 Å². The van der Waals surface area contributed by atoms with E-state index in [0.717, 1.165) is 5.56 Å². The van der Waals surface area contributed by atoms with Gasteiger partial charge in [-0.3, -0.25) is 0 Å². The van der Waals surface area contributed by atoms with Gasteiger partial charge in [0.25, 0.3) is 0 Å². The SMILES string of the molecule is Cc1ccc[n+](CC(O)COc2ccc(N)cc2)c1. The molecule has 2 aromatic rings. The van der Waals surface area contributed by atoms with Crippen LogP contribution in [-0.4, -0.2) is 17.8 Å². The van der Waals surface area contributed by atoms with Crippen LogP contribution in [0.25, 0.3) is 0 Å². The maximum absolute atomic E-state index is 9.94. The smallest absolute Gasteiger partial charge is 0.177 e. The minimum absolute atomic E-state index is 0.255. The summed E-state index contributed by atoms with van der Waals surface area (Å²) in [5, 5.41) is 9.94. The third-order valence-electron chi connectivity index (χ3n) is 2.75. The average molecular weight is 259 g/mol. The van der Waals surface area contributed by atoms with Gasteiger partial charge in [-0.15, -0.1) is 0 Å². The Kier molecular flexibility index (Phi) is 4.36. The van der Waals surface area contributed by atoms with E-state index in [2.05, 4.69) is 0 Å². The number of nitrogens with two attached hydrogens (primary N) is 1. The second-order valence-corrected chi connectivity index (χ2v) is 4.61. The lowest BCUT2D eigenvalue weighted by atomic mass is 10.3. The monoisotopic (exact) mass is 259 g/mol. The molecule has 1 heterocycles. The van der Waals surface area contributed by atoms with Gasteiger partial charge < -0.3 is 15.6 Å². The number of aliphatic hydroxyl groups is 1. The lowest BCUT2D eigenvalue weighted by molar-refractivity contribution is -0.704. The van der Waals surface area contributed by atoms with Crippen molar-refractivity contribution in [1.29, 1.82) is 0 Å². The van der Waals surface area contributed by atoms with Gasteiger partial charge in [0, 0.05) is 17.3 Å². The third-order valence-corrected chi connectivity index (χ3v) is 2.75. The first-order chi connectivity index (χ1) is 9.13. The molecule has 0 aliphatic heterocycles. The molecule has 0 spiro atoms. The molecule has 0 amide bonds. The van der Waals surface area contributed by atoms with Gasteiger partial charge in [-0.2, -0.15) is 0 Å². The van der Waals surface area contributed by atoms with Crippen LogP contribution in [-0.2, 0) is 6.54 Å². The summed E-state index contributed by atoms with van der Waals surface area (Å²) in [7, 11) is 0. The van der Waals surface area contributed by atoms with Crippen LogP contribution in [0.3, 0.4) is 0 Å². The van der Waals surface area contributed by atoms with Crippen LogP contribution in [0.2, 0.25) is 0 Å². The van der Waals surface area contributed by atoms with E-state index in [9.17, 15) is 5.11 Å². The Morgan fingerprint density at radius 1 is 1.26 bits per heavy atom. The molecule has 3 N–H and O–H groups in total. The average Bonchev–Trinajstić information content (AvgIpc) is 2.38. The molecule has 4 nitrogen and oxygen atoms in total. The van der Waals surface area contributed by atoms with Gasteiger partial charge in [0.15, 0.2) is 18.9 Å². The molecular weight excluding hydrogens is 240 g/mol. The molecular formula is C15H19N2O2+. The standard InChI is InChI=1S/C15H19N2O2/c1-12-3-2-8-17(9-12)10-14(18)11-19-15-6-4-13(16)5-7-15/h2-9,14,18H,10-11,16H2,1H3/q+1. The number of benzene rings is 1. The Balaban J connectivity index is 1.84. The predicted molar refractivity (Wildman–Crippen MR) is 73.7 cm³/mol. The van der Waals surface area contributed by atoms with E-state index >= 15 is 0 Å². The minimum Gasteiger partial charge on any atom is -0.491 e. The summed E-state index contributed by atoms with van der Waals surface area (Å²) in [5.74, 6) is 0.711. The quantitative estimate of drug-likeness (QED) is 0.628. The van der Waals surface area contributed by atoms with Crippen LogP contribution in [0.15, 0.2) is 48.8 Å². The molecule has 1 aromatic heterocycles. The van der Waals surface area contributed by atoms with E-state index in [1.54, 1.807) is 24.3 Å². The number of rotatable bonds is 5. The van der Waals surface area contributed by atoms with Crippen molar-refractivity contribution < 1.29 is 14.4 Å². The Morgan fingerprint density at radius 3 is 2.68 bits per heavy atom. The van der Waals surface area contributed by atoms with E-state index in [1.807, 2.05) is 36.0 Å². The van der Waals surface area contributed by atoms with Crippen LogP contribution in [0, 0.1) is 6.92 Å². The summed E-state index contributed by atoms with van der Waals surface area (Å²) in [6.07, 6.45) is 3.37. The predicted octanol–water partition coefficient (Wildman–Crippen LogP) is 1.30. The summed E-state index contributed by atoms with van der Waals surface area (Å²) in [6, 6.07) is 11.1. The number of aliphatic hydroxyl groups excluding tert-OH is 1. The number of nitrogen functional groups attached to an aromatic ring is 1. The highest BCUT2D eigenvalue weighted by Gasteiger charge is 2.11. The fourth-order valence-electron chi connectivity index (χ4n) is 1.82. The fraction of sp³-hybridized carbons (Fsp3) is 0.267. The molecule has 0 fully saturated rings. The number of aryl methyl sites for hydroxylation is 1. The number of hydrogen-bond donors (Lipinski definition) is 2. The largest absolute Gasteiger partial charge is 0.491 e. The second kappa shape index (κ2) is 6.20. The van der Waals surface area contributed by atoms with Crippen molar-refractivity contribution >= 4 is 5.69 Å². The Hall–Kier alpha value is -2.07. The summed E-state index contributed by atoms with van der Waals surface area (Å²) in [5.41, 5.74) is 7.45. The molecule has 0 radical (unpaired) electrons. The van der Waals surface area contributed by atoms with Crippen molar-refractivity contribution in [2.45, 2.75) is 19.6 Å². The van der Waals surface area contributed by atoms with E-state index in [0.29, 0.717) is 18.0 Å². The Bertz CT molecular complexity index is 526. The van der Waals surface area contributed by atoms with Crippen molar-refractivity contribution in [3.63, 3.8) is 0 Å². The van der Waals surface area contributed by atoms with Crippen molar-refractivity contribution in [2.24, 2.45) is 0 Å². The van der Waals surface area contributed by atoms with Crippen molar-refractivity contribution in [1.82, 2.24) is 0 Å². The van der Waals surface area contributed by atoms with Crippen LogP contribution in [0.5, 0.6) is 5.75 Å². The van der Waals surface area contributed by atoms with E-state index in [-0.39, 0.29) is 6.61 Å². The molecule has 19 heavy (non-hydrogen) atoms. The molecule has 0 aliphatic rings. The number of ether oxygens (including phenoxy) is 1. The second-order valence-electron chi connectivity index (χ2n) is 4.61.